The first-order valence-corrected chi connectivity index (χ1v) is 6.96. The first-order chi connectivity index (χ1) is 7.37. The third-order valence-electron chi connectivity index (χ3n) is 4.13. The zero-order chi connectivity index (χ0) is 12.2. The van der Waals surface area contributed by atoms with Crippen molar-refractivity contribution in [3.8, 4) is 0 Å². The molecule has 0 aliphatic heterocycles. The van der Waals surface area contributed by atoms with Crippen LogP contribution in [0, 0.1) is 0 Å². The van der Waals surface area contributed by atoms with Gasteiger partial charge in [0.15, 0.2) is 0 Å². The van der Waals surface area contributed by atoms with Crippen LogP contribution in [0.2, 0.25) is 0 Å². The Morgan fingerprint density at radius 2 is 1.71 bits per heavy atom. The lowest BCUT2D eigenvalue weighted by atomic mass is 9.92. The van der Waals surface area contributed by atoms with Crippen LogP contribution in [0.25, 0.3) is 0 Å². The van der Waals surface area contributed by atoms with Crippen molar-refractivity contribution in [2.24, 2.45) is 0 Å². The van der Waals surface area contributed by atoms with Crippen LogP contribution in [-0.2, 0) is 0 Å². The Hall–Kier alpha value is 0.500. The van der Waals surface area contributed by atoms with Crippen LogP contribution in [-0.4, -0.2) is 36.7 Å². The zero-order valence-electron chi connectivity index (χ0n) is 11.7. The van der Waals surface area contributed by atoms with Crippen LogP contribution in [0.3, 0.4) is 0 Å². The molecule has 0 unspecified atom stereocenters. The van der Waals surface area contributed by atoms with Crippen LogP contribution in [0.5, 0.6) is 0 Å². The van der Waals surface area contributed by atoms with Crippen LogP contribution in [0.15, 0.2) is 0 Å². The highest BCUT2D eigenvalue weighted by molar-refractivity contribution is 6.13. The van der Waals surface area contributed by atoms with Gasteiger partial charge in [-0.2, -0.15) is 0 Å². The predicted molar refractivity (Wildman–Crippen MR) is 71.5 cm³/mol. The Labute approximate surface area is 118 Å². The summed E-state index contributed by atoms with van der Waals surface area (Å²) in [5.74, 6) is 0. The van der Waals surface area contributed by atoms with Gasteiger partial charge in [0.2, 0.25) is 0 Å². The summed E-state index contributed by atoms with van der Waals surface area (Å²) in [5.41, 5.74) is 0.0474. The molecule has 1 rings (SSSR count). The fourth-order valence-electron chi connectivity index (χ4n) is 2.58. The summed E-state index contributed by atoms with van der Waals surface area (Å²) < 4.78 is 1.15. The van der Waals surface area contributed by atoms with E-state index in [-0.39, 0.29) is 17.9 Å². The van der Waals surface area contributed by atoms with Gasteiger partial charge in [0.25, 0.3) is 0 Å². The van der Waals surface area contributed by atoms with Gasteiger partial charge in [-0.05, 0) is 51.3 Å². The van der Waals surface area contributed by atoms with Gasteiger partial charge >= 0.3 is 0 Å². The van der Waals surface area contributed by atoms with Crippen molar-refractivity contribution >= 4 is 11.8 Å². The van der Waals surface area contributed by atoms with E-state index in [1.54, 1.807) is 0 Å². The summed E-state index contributed by atoms with van der Waals surface area (Å²) in [7, 11) is 4.75. The lowest BCUT2D eigenvalue weighted by molar-refractivity contribution is -0.917. The van der Waals surface area contributed by atoms with E-state index < -0.39 is 0 Å². The molecule has 1 aliphatic carbocycles. The maximum Gasteiger partial charge on any atom is 0.0886 e. The molecule has 0 amide bonds. The van der Waals surface area contributed by atoms with Gasteiger partial charge in [-0.15, -0.1) is 0 Å². The first kappa shape index (κ1) is 17.5. The molecule has 4 heteroatoms. The number of quaternary nitrogens is 1. The summed E-state index contributed by atoms with van der Waals surface area (Å²) >= 11 is 5.75. The maximum atomic E-state index is 5.75. The molecule has 2 nitrogen and oxygen atoms in total. The number of hydrogen-bond acceptors (Lipinski definition) is 1. The van der Waals surface area contributed by atoms with Crippen LogP contribution in [0.1, 0.15) is 52.4 Å². The van der Waals surface area contributed by atoms with Crippen LogP contribution < -0.4 is 17.2 Å². The normalized spacial score (nSPS) is 18.9. The van der Waals surface area contributed by atoms with E-state index in [1.165, 1.54) is 38.6 Å². The van der Waals surface area contributed by atoms with Gasteiger partial charge in [0.05, 0.1) is 26.7 Å². The molecule has 1 N–H and O–H groups in total. The van der Waals surface area contributed by atoms with E-state index in [1.807, 2.05) is 0 Å². The lowest BCUT2D eigenvalue weighted by Crippen LogP contribution is -3.00. The fraction of sp³-hybridized carbons (Fsp3) is 1.00. The first-order valence-electron chi connectivity index (χ1n) is 6.58. The molecule has 0 aromatic carbocycles. The van der Waals surface area contributed by atoms with E-state index in [4.69, 9.17) is 11.8 Å². The van der Waals surface area contributed by atoms with Crippen molar-refractivity contribution in [3.63, 3.8) is 0 Å². The lowest BCUT2D eigenvalue weighted by Gasteiger charge is -2.41. The summed E-state index contributed by atoms with van der Waals surface area (Å²) in [6.07, 6.45) is 8.21. The van der Waals surface area contributed by atoms with Crippen molar-refractivity contribution in [1.29, 1.82) is 0 Å². The highest BCUT2D eigenvalue weighted by atomic mass is 35.5. The van der Waals surface area contributed by atoms with Gasteiger partial charge < -0.3 is 16.9 Å². The average molecular weight is 283 g/mol. The minimum absolute atomic E-state index is 0. The number of halogens is 2. The Morgan fingerprint density at radius 1 is 1.18 bits per heavy atom. The van der Waals surface area contributed by atoms with Gasteiger partial charge in [0.1, 0.15) is 0 Å². The largest absolute Gasteiger partial charge is 1.00 e. The molecule has 0 spiro atoms. The fourth-order valence-corrected chi connectivity index (χ4v) is 2.67. The third kappa shape index (κ3) is 5.78. The van der Waals surface area contributed by atoms with Crippen LogP contribution >= 0.6 is 11.8 Å². The minimum atomic E-state index is 0. The summed E-state index contributed by atoms with van der Waals surface area (Å²) in [6.45, 7) is 5.54. The molecule has 0 bridgehead atoms. The highest BCUT2D eigenvalue weighted by Gasteiger charge is 2.31. The third-order valence-corrected chi connectivity index (χ3v) is 4.64. The van der Waals surface area contributed by atoms with Gasteiger partial charge in [-0.3, -0.25) is 0 Å². The average Bonchev–Trinajstić information content (AvgIpc) is 2.28. The Kier molecular flexibility index (Phi) is 7.39. The molecular weight excluding hydrogens is 255 g/mol. The van der Waals surface area contributed by atoms with E-state index >= 15 is 0 Å². The molecule has 0 atom stereocenters. The molecule has 104 valence electrons. The standard InChI is InChI=1S/C13H28ClN2.ClH/c1-13(2,15-14)10-11-16(3,4)12-8-6-5-7-9-12;/h12,15H,5-11H2,1-4H3;1H/q+1;/p-1. The highest BCUT2D eigenvalue weighted by Crippen LogP contribution is 2.26. The SMILES string of the molecule is CC(C)(CC[N+](C)(C)C1CCCCC1)NCl.[Cl-]. The quantitative estimate of drug-likeness (QED) is 0.566. The number of nitrogens with one attached hydrogen (secondary N) is 1. The molecular formula is C13H28Cl2N2. The molecule has 0 radical (unpaired) electrons. The topological polar surface area (TPSA) is 12.0 Å². The second-order valence-electron chi connectivity index (χ2n) is 6.52. The van der Waals surface area contributed by atoms with Gasteiger partial charge in [-0.25, -0.2) is 4.84 Å². The number of nitrogens with zero attached hydrogens (tertiary/aromatic N) is 1. The van der Waals surface area contributed by atoms with E-state index in [9.17, 15) is 0 Å². The van der Waals surface area contributed by atoms with E-state index in [0.29, 0.717) is 0 Å². The zero-order valence-corrected chi connectivity index (χ0v) is 13.2. The van der Waals surface area contributed by atoms with Crippen LogP contribution in [0.4, 0.5) is 0 Å². The molecule has 0 aromatic rings. The summed E-state index contributed by atoms with van der Waals surface area (Å²) in [4.78, 5) is 2.88. The van der Waals surface area contributed by atoms with Crippen molar-refractivity contribution in [3.05, 3.63) is 0 Å². The summed E-state index contributed by atoms with van der Waals surface area (Å²) in [5, 5.41) is 0. The molecule has 1 aliphatic rings. The van der Waals surface area contributed by atoms with E-state index in [2.05, 4.69) is 32.8 Å². The van der Waals surface area contributed by atoms with Gasteiger partial charge in [-0.1, -0.05) is 6.42 Å². The summed E-state index contributed by atoms with van der Waals surface area (Å²) in [6, 6.07) is 0.861. The Balaban J connectivity index is 0.00000256. The van der Waals surface area contributed by atoms with Crippen molar-refractivity contribution in [1.82, 2.24) is 4.84 Å². The van der Waals surface area contributed by atoms with E-state index in [0.717, 1.165) is 16.9 Å². The number of hydrogen-bond donors (Lipinski definition) is 1. The van der Waals surface area contributed by atoms with Gasteiger partial charge in [0, 0.05) is 12.0 Å². The molecule has 17 heavy (non-hydrogen) atoms. The van der Waals surface area contributed by atoms with Crippen molar-refractivity contribution in [2.45, 2.75) is 64.0 Å². The smallest absolute Gasteiger partial charge is 0.0886 e. The maximum absolute atomic E-state index is 5.75. The molecule has 0 heterocycles. The molecule has 1 fully saturated rings. The molecule has 1 saturated carbocycles. The second kappa shape index (κ2) is 7.18. The molecule has 0 aromatic heterocycles. The Morgan fingerprint density at radius 3 is 2.18 bits per heavy atom. The second-order valence-corrected chi connectivity index (χ2v) is 6.71. The van der Waals surface area contributed by atoms with Crippen molar-refractivity contribution < 1.29 is 16.9 Å². The monoisotopic (exact) mass is 282 g/mol. The van der Waals surface area contributed by atoms with Crippen molar-refractivity contribution in [2.75, 3.05) is 20.6 Å². The molecule has 0 saturated heterocycles. The number of rotatable bonds is 5. The minimum Gasteiger partial charge on any atom is -1.00 e. The Bertz CT molecular complexity index is 211. The predicted octanol–water partition coefficient (Wildman–Crippen LogP) is 0.312.